The minimum absolute atomic E-state index is 0.0597. The Hall–Kier alpha value is -2.73. The van der Waals surface area contributed by atoms with Gasteiger partial charge in [-0.15, -0.1) is 0 Å². The Morgan fingerprint density at radius 3 is 2.68 bits per heavy atom. The van der Waals surface area contributed by atoms with Crippen LogP contribution in [0.5, 0.6) is 5.75 Å². The van der Waals surface area contributed by atoms with Gasteiger partial charge in [-0.25, -0.2) is 0 Å². The first kappa shape index (κ1) is 18.6. The van der Waals surface area contributed by atoms with E-state index in [-0.39, 0.29) is 18.4 Å². The third kappa shape index (κ3) is 3.92. The average molecular weight is 400 g/mol. The molecule has 28 heavy (non-hydrogen) atoms. The molecule has 146 valence electrons. The van der Waals surface area contributed by atoms with Crippen LogP contribution in [-0.2, 0) is 16.0 Å². The first-order valence-corrected chi connectivity index (χ1v) is 9.74. The van der Waals surface area contributed by atoms with Crippen molar-refractivity contribution in [1.29, 1.82) is 0 Å². The zero-order chi connectivity index (χ0) is 19.7. The van der Waals surface area contributed by atoms with Crippen molar-refractivity contribution in [3.8, 4) is 5.75 Å². The molecule has 2 aliphatic heterocycles. The molecule has 1 amide bonds. The van der Waals surface area contributed by atoms with Crippen molar-refractivity contribution in [2.75, 3.05) is 42.9 Å². The van der Waals surface area contributed by atoms with Crippen LogP contribution in [0.25, 0.3) is 0 Å². The molecule has 6 nitrogen and oxygen atoms in total. The smallest absolute Gasteiger partial charge is 0.315 e. The minimum atomic E-state index is -0.239. The zero-order valence-electron chi connectivity index (χ0n) is 15.7. The van der Waals surface area contributed by atoms with E-state index in [1.54, 1.807) is 6.07 Å². The number of anilines is 2. The highest BCUT2D eigenvalue weighted by Crippen LogP contribution is 2.29. The highest BCUT2D eigenvalue weighted by molar-refractivity contribution is 6.31. The molecule has 0 radical (unpaired) electrons. The molecule has 4 rings (SSSR count). The topological polar surface area (TPSA) is 61.9 Å². The summed E-state index contributed by atoms with van der Waals surface area (Å²) in [6.45, 7) is 5.17. The molecular weight excluding hydrogens is 378 g/mol. The fraction of sp³-hybridized carbons (Fsp3) is 0.333. The quantitative estimate of drug-likeness (QED) is 0.632. The maximum atomic E-state index is 12.5. The first-order chi connectivity index (χ1) is 13.5. The summed E-state index contributed by atoms with van der Waals surface area (Å²) in [5.41, 5.74) is 3.86. The highest BCUT2D eigenvalue weighted by Gasteiger charge is 2.23. The maximum Gasteiger partial charge on any atom is 0.315 e. The van der Waals surface area contributed by atoms with Crippen LogP contribution in [0.2, 0.25) is 5.02 Å². The minimum Gasteiger partial charge on any atom is -0.426 e. The van der Waals surface area contributed by atoms with Gasteiger partial charge in [-0.1, -0.05) is 17.7 Å². The molecule has 0 aliphatic carbocycles. The van der Waals surface area contributed by atoms with E-state index >= 15 is 0 Å². The number of hydrogen-bond acceptors (Lipinski definition) is 5. The van der Waals surface area contributed by atoms with Crippen LogP contribution >= 0.6 is 11.6 Å². The summed E-state index contributed by atoms with van der Waals surface area (Å²) in [6.07, 6.45) is 0.311. The van der Waals surface area contributed by atoms with E-state index in [0.717, 1.165) is 40.6 Å². The standard InChI is InChI=1S/C21H22ClN3O3/c1-14-10-17(4-5-18(14)22)24-6-8-25(9-7-24)20(26)13-23-16-3-2-15-11-21(27)28-19(15)12-16/h2-5,10,12,23H,6-9,11,13H2,1H3. The summed E-state index contributed by atoms with van der Waals surface area (Å²) in [6, 6.07) is 11.5. The lowest BCUT2D eigenvalue weighted by Crippen LogP contribution is -2.50. The van der Waals surface area contributed by atoms with Crippen molar-refractivity contribution in [3.05, 3.63) is 52.5 Å². The summed E-state index contributed by atoms with van der Waals surface area (Å²) in [5, 5.41) is 3.90. The van der Waals surface area contributed by atoms with E-state index in [4.69, 9.17) is 16.3 Å². The fourth-order valence-corrected chi connectivity index (χ4v) is 3.67. The van der Waals surface area contributed by atoms with Crippen LogP contribution in [0.15, 0.2) is 36.4 Å². The van der Waals surface area contributed by atoms with E-state index in [2.05, 4.69) is 16.3 Å². The largest absolute Gasteiger partial charge is 0.426 e. The third-order valence-electron chi connectivity index (χ3n) is 5.21. The van der Waals surface area contributed by atoms with Gasteiger partial charge in [0.15, 0.2) is 0 Å². The summed E-state index contributed by atoms with van der Waals surface area (Å²) in [5.74, 6) is 0.399. The molecule has 0 unspecified atom stereocenters. The number of nitrogens with one attached hydrogen (secondary N) is 1. The van der Waals surface area contributed by atoms with Gasteiger partial charge in [-0.3, -0.25) is 9.59 Å². The fourth-order valence-electron chi connectivity index (χ4n) is 3.55. The van der Waals surface area contributed by atoms with Crippen molar-refractivity contribution in [2.45, 2.75) is 13.3 Å². The van der Waals surface area contributed by atoms with Crippen LogP contribution in [0.3, 0.4) is 0 Å². The lowest BCUT2D eigenvalue weighted by atomic mass is 10.1. The zero-order valence-corrected chi connectivity index (χ0v) is 16.5. The molecule has 1 N–H and O–H groups in total. The molecule has 0 atom stereocenters. The van der Waals surface area contributed by atoms with Gasteiger partial charge in [-0.05, 0) is 36.8 Å². The van der Waals surface area contributed by atoms with Crippen LogP contribution in [-0.4, -0.2) is 49.5 Å². The average Bonchev–Trinajstić information content (AvgIpc) is 3.07. The molecule has 2 aromatic carbocycles. The van der Waals surface area contributed by atoms with Crippen molar-refractivity contribution in [3.63, 3.8) is 0 Å². The van der Waals surface area contributed by atoms with Crippen molar-refractivity contribution in [2.24, 2.45) is 0 Å². The lowest BCUT2D eigenvalue weighted by molar-refractivity contribution is -0.132. The van der Waals surface area contributed by atoms with E-state index in [1.807, 2.05) is 36.1 Å². The number of amides is 1. The van der Waals surface area contributed by atoms with E-state index in [9.17, 15) is 9.59 Å². The van der Waals surface area contributed by atoms with Crippen LogP contribution in [0.1, 0.15) is 11.1 Å². The molecule has 0 aromatic heterocycles. The number of esters is 1. The van der Waals surface area contributed by atoms with Gasteiger partial charge in [0, 0.05) is 54.2 Å². The molecule has 2 heterocycles. The molecule has 0 bridgehead atoms. The molecule has 0 spiro atoms. The molecule has 2 aliphatic rings. The van der Waals surface area contributed by atoms with Gasteiger partial charge in [-0.2, -0.15) is 0 Å². The number of benzene rings is 2. The second-order valence-corrected chi connectivity index (χ2v) is 7.54. The number of carbonyl (C=O) groups excluding carboxylic acids is 2. The van der Waals surface area contributed by atoms with Crippen molar-refractivity contribution < 1.29 is 14.3 Å². The van der Waals surface area contributed by atoms with Crippen LogP contribution < -0.4 is 15.0 Å². The molecule has 7 heteroatoms. The predicted octanol–water partition coefficient (Wildman–Crippen LogP) is 2.87. The Morgan fingerprint density at radius 1 is 1.14 bits per heavy atom. The van der Waals surface area contributed by atoms with Gasteiger partial charge < -0.3 is 19.9 Å². The summed E-state index contributed by atoms with van der Waals surface area (Å²) < 4.78 is 5.15. The third-order valence-corrected chi connectivity index (χ3v) is 5.63. The molecule has 1 saturated heterocycles. The lowest BCUT2D eigenvalue weighted by Gasteiger charge is -2.36. The number of nitrogens with zero attached hydrogens (tertiary/aromatic N) is 2. The van der Waals surface area contributed by atoms with Gasteiger partial charge in [0.2, 0.25) is 5.91 Å². The Labute approximate surface area is 169 Å². The molecule has 1 fully saturated rings. The highest BCUT2D eigenvalue weighted by atomic mass is 35.5. The SMILES string of the molecule is Cc1cc(N2CCN(C(=O)CNc3ccc4c(c3)OC(=O)C4)CC2)ccc1Cl. The summed E-state index contributed by atoms with van der Waals surface area (Å²) in [4.78, 5) is 28.0. The summed E-state index contributed by atoms with van der Waals surface area (Å²) >= 11 is 6.10. The Kier molecular flexibility index (Phi) is 5.13. The number of halogens is 1. The monoisotopic (exact) mass is 399 g/mol. The summed E-state index contributed by atoms with van der Waals surface area (Å²) in [7, 11) is 0. The number of hydrogen-bond donors (Lipinski definition) is 1. The molecule has 2 aromatic rings. The van der Waals surface area contributed by atoms with E-state index < -0.39 is 0 Å². The number of aryl methyl sites for hydroxylation is 1. The number of rotatable bonds is 4. The molecule has 0 saturated carbocycles. The number of fused-ring (bicyclic) bond motifs is 1. The van der Waals surface area contributed by atoms with Crippen molar-refractivity contribution in [1.82, 2.24) is 4.90 Å². The second kappa shape index (κ2) is 7.72. The number of carbonyl (C=O) groups is 2. The Balaban J connectivity index is 1.29. The van der Waals surface area contributed by atoms with Gasteiger partial charge in [0.05, 0.1) is 13.0 Å². The normalized spacial score (nSPS) is 16.0. The van der Waals surface area contributed by atoms with Crippen LogP contribution in [0.4, 0.5) is 11.4 Å². The predicted molar refractivity (Wildman–Crippen MR) is 109 cm³/mol. The van der Waals surface area contributed by atoms with Gasteiger partial charge in [0.25, 0.3) is 0 Å². The number of piperazine rings is 1. The van der Waals surface area contributed by atoms with E-state index in [0.29, 0.717) is 25.3 Å². The Morgan fingerprint density at radius 2 is 1.93 bits per heavy atom. The number of ether oxygens (including phenoxy) is 1. The van der Waals surface area contributed by atoms with Gasteiger partial charge >= 0.3 is 5.97 Å². The molecular formula is C21H22ClN3O3. The van der Waals surface area contributed by atoms with E-state index in [1.165, 1.54) is 0 Å². The second-order valence-electron chi connectivity index (χ2n) is 7.13. The first-order valence-electron chi connectivity index (χ1n) is 9.36. The Bertz CT molecular complexity index is 923. The van der Waals surface area contributed by atoms with Crippen LogP contribution in [0, 0.1) is 6.92 Å². The van der Waals surface area contributed by atoms with Crippen molar-refractivity contribution >= 4 is 34.9 Å². The maximum absolute atomic E-state index is 12.5. The van der Waals surface area contributed by atoms with Gasteiger partial charge in [0.1, 0.15) is 5.75 Å².